The molecule has 0 N–H and O–H groups in total. The maximum atomic E-state index is 13.0. The first-order valence-corrected chi connectivity index (χ1v) is 10.6. The highest BCUT2D eigenvalue weighted by Crippen LogP contribution is 2.32. The zero-order valence-electron chi connectivity index (χ0n) is 16.0. The van der Waals surface area contributed by atoms with E-state index >= 15 is 0 Å². The summed E-state index contributed by atoms with van der Waals surface area (Å²) in [5.41, 5.74) is 0.875. The summed E-state index contributed by atoms with van der Waals surface area (Å²) in [6.45, 7) is 1.54. The Labute approximate surface area is 184 Å². The fourth-order valence-corrected chi connectivity index (χ4v) is 4.81. The molecule has 5 nitrogen and oxygen atoms in total. The van der Waals surface area contributed by atoms with Crippen molar-refractivity contribution in [2.24, 2.45) is 0 Å². The van der Waals surface area contributed by atoms with Crippen LogP contribution in [0.2, 0.25) is 4.34 Å². The molecule has 0 spiro atoms. The Bertz CT molecular complexity index is 927. The molecule has 9 heteroatoms. The van der Waals surface area contributed by atoms with Gasteiger partial charge in [-0.25, -0.2) is 4.98 Å². The Morgan fingerprint density at radius 1 is 1.18 bits per heavy atom. The molecule has 0 saturated heterocycles. The molecule has 2 aromatic heterocycles. The van der Waals surface area contributed by atoms with Gasteiger partial charge in [0, 0.05) is 11.4 Å². The van der Waals surface area contributed by atoms with Crippen molar-refractivity contribution in [3.05, 3.63) is 39.5 Å². The number of amides is 1. The van der Waals surface area contributed by atoms with Crippen LogP contribution in [0.25, 0.3) is 10.2 Å². The molecule has 28 heavy (non-hydrogen) atoms. The average Bonchev–Trinajstić information content (AvgIpc) is 3.23. The standard InChI is InChI=1S/C19H22ClN3O2S2.ClH/c1-22(2)9-4-10-23(18(24)12-14-6-8-17(20)26-14)19-21-15-7-5-13(25-3)11-16(15)27-19;/h5-8,11H,4,9-10,12H2,1-3H3;1H. The van der Waals surface area contributed by atoms with E-state index in [2.05, 4.69) is 9.88 Å². The molecule has 0 fully saturated rings. The van der Waals surface area contributed by atoms with Gasteiger partial charge in [-0.3, -0.25) is 9.69 Å². The molecular weight excluding hydrogens is 437 g/mol. The summed E-state index contributed by atoms with van der Waals surface area (Å²) in [7, 11) is 5.71. The van der Waals surface area contributed by atoms with Gasteiger partial charge in [-0.1, -0.05) is 22.9 Å². The lowest BCUT2D eigenvalue weighted by Gasteiger charge is -2.20. The number of thiazole rings is 1. The van der Waals surface area contributed by atoms with Crippen LogP contribution < -0.4 is 9.64 Å². The van der Waals surface area contributed by atoms with Crippen molar-refractivity contribution in [1.29, 1.82) is 0 Å². The van der Waals surface area contributed by atoms with Gasteiger partial charge in [0.05, 0.1) is 28.1 Å². The van der Waals surface area contributed by atoms with Crippen LogP contribution in [-0.4, -0.2) is 50.1 Å². The van der Waals surface area contributed by atoms with Gasteiger partial charge in [0.15, 0.2) is 5.13 Å². The first-order chi connectivity index (χ1) is 13.0. The van der Waals surface area contributed by atoms with Crippen molar-refractivity contribution < 1.29 is 9.53 Å². The fraction of sp³-hybridized carbons (Fsp3) is 0.368. The molecule has 0 saturated carbocycles. The molecule has 1 amide bonds. The number of carbonyl (C=O) groups is 1. The summed E-state index contributed by atoms with van der Waals surface area (Å²) in [5.74, 6) is 0.828. The van der Waals surface area contributed by atoms with Crippen LogP contribution in [0.15, 0.2) is 30.3 Å². The number of ether oxygens (including phenoxy) is 1. The summed E-state index contributed by atoms with van der Waals surface area (Å²) < 4.78 is 7.00. The summed E-state index contributed by atoms with van der Waals surface area (Å²) in [5, 5.41) is 0.727. The predicted molar refractivity (Wildman–Crippen MR) is 122 cm³/mol. The molecule has 3 rings (SSSR count). The van der Waals surface area contributed by atoms with Crippen LogP contribution in [0.4, 0.5) is 5.13 Å². The number of aromatic nitrogens is 1. The second-order valence-corrected chi connectivity index (χ2v) is 9.22. The largest absolute Gasteiger partial charge is 0.497 e. The van der Waals surface area contributed by atoms with E-state index in [1.807, 2.05) is 44.4 Å². The van der Waals surface area contributed by atoms with Gasteiger partial charge in [0.1, 0.15) is 5.75 Å². The third-order valence-electron chi connectivity index (χ3n) is 4.06. The van der Waals surface area contributed by atoms with E-state index in [0.717, 1.165) is 38.9 Å². The molecule has 152 valence electrons. The minimum absolute atomic E-state index is 0. The van der Waals surface area contributed by atoms with Gasteiger partial charge in [-0.2, -0.15) is 0 Å². The smallest absolute Gasteiger partial charge is 0.234 e. The summed E-state index contributed by atoms with van der Waals surface area (Å²) in [6.07, 6.45) is 1.21. The number of carbonyl (C=O) groups excluding carboxylic acids is 1. The van der Waals surface area contributed by atoms with Crippen molar-refractivity contribution >= 4 is 67.9 Å². The van der Waals surface area contributed by atoms with E-state index < -0.39 is 0 Å². The highest BCUT2D eigenvalue weighted by Gasteiger charge is 2.20. The predicted octanol–water partition coefficient (Wildman–Crippen LogP) is 4.97. The van der Waals surface area contributed by atoms with E-state index in [0.29, 0.717) is 17.3 Å². The van der Waals surface area contributed by atoms with Crippen molar-refractivity contribution in [3.63, 3.8) is 0 Å². The number of thiophene rings is 1. The number of hydrogen-bond acceptors (Lipinski definition) is 6. The minimum Gasteiger partial charge on any atom is -0.497 e. The van der Waals surface area contributed by atoms with Gasteiger partial charge in [0.25, 0.3) is 0 Å². The van der Waals surface area contributed by atoms with Gasteiger partial charge in [-0.05, 0) is 57.4 Å². The summed E-state index contributed by atoms with van der Waals surface area (Å²) in [4.78, 5) is 22.6. The number of benzene rings is 1. The molecule has 0 aliphatic rings. The van der Waals surface area contributed by atoms with Gasteiger partial charge >= 0.3 is 0 Å². The van der Waals surface area contributed by atoms with Gasteiger partial charge < -0.3 is 9.64 Å². The van der Waals surface area contributed by atoms with Gasteiger partial charge in [0.2, 0.25) is 5.91 Å². The third kappa shape index (κ3) is 5.81. The number of hydrogen-bond donors (Lipinski definition) is 0. The number of anilines is 1. The Balaban J connectivity index is 0.00000280. The maximum absolute atomic E-state index is 13.0. The zero-order valence-corrected chi connectivity index (χ0v) is 19.2. The maximum Gasteiger partial charge on any atom is 0.234 e. The number of methoxy groups -OCH3 is 1. The molecule has 0 atom stereocenters. The van der Waals surface area contributed by atoms with Crippen LogP contribution in [0.3, 0.4) is 0 Å². The molecular formula is C19H23Cl2N3O2S2. The molecule has 0 bridgehead atoms. The van der Waals surface area contributed by atoms with Crippen LogP contribution >= 0.6 is 46.7 Å². The molecule has 0 unspecified atom stereocenters. The Kier molecular flexibility index (Phi) is 8.52. The molecule has 0 aliphatic carbocycles. The normalized spacial score (nSPS) is 10.9. The number of nitrogens with zero attached hydrogens (tertiary/aromatic N) is 3. The average molecular weight is 460 g/mol. The summed E-state index contributed by atoms with van der Waals surface area (Å²) in [6, 6.07) is 9.51. The van der Waals surface area contributed by atoms with Crippen molar-refractivity contribution in [2.45, 2.75) is 12.8 Å². The van der Waals surface area contributed by atoms with Crippen LogP contribution in [0.5, 0.6) is 5.75 Å². The van der Waals surface area contributed by atoms with Crippen molar-refractivity contribution in [3.8, 4) is 5.75 Å². The highest BCUT2D eigenvalue weighted by molar-refractivity contribution is 7.22. The number of rotatable bonds is 8. The Morgan fingerprint density at radius 2 is 1.96 bits per heavy atom. The quantitative estimate of drug-likeness (QED) is 0.476. The molecule has 2 heterocycles. The highest BCUT2D eigenvalue weighted by atomic mass is 35.5. The number of halogens is 2. The van der Waals surface area contributed by atoms with Crippen LogP contribution in [0, 0.1) is 0 Å². The number of fused-ring (bicyclic) bond motifs is 1. The monoisotopic (exact) mass is 459 g/mol. The lowest BCUT2D eigenvalue weighted by molar-refractivity contribution is -0.118. The van der Waals surface area contributed by atoms with E-state index in [1.165, 1.54) is 22.7 Å². The lowest BCUT2D eigenvalue weighted by Crippen LogP contribution is -2.34. The van der Waals surface area contributed by atoms with E-state index in [-0.39, 0.29) is 18.3 Å². The second-order valence-electron chi connectivity index (χ2n) is 6.41. The molecule has 3 aromatic rings. The lowest BCUT2D eigenvalue weighted by atomic mass is 10.3. The SMILES string of the molecule is COc1ccc2nc(N(CCCN(C)C)C(=O)Cc3ccc(Cl)s3)sc2c1.Cl. The fourth-order valence-electron chi connectivity index (χ4n) is 2.70. The first kappa shape index (κ1) is 22.9. The van der Waals surface area contributed by atoms with Crippen molar-refractivity contribution in [1.82, 2.24) is 9.88 Å². The van der Waals surface area contributed by atoms with Crippen LogP contribution in [0.1, 0.15) is 11.3 Å². The third-order valence-corrected chi connectivity index (χ3v) is 6.33. The van der Waals surface area contributed by atoms with E-state index in [9.17, 15) is 4.79 Å². The molecule has 0 aliphatic heterocycles. The molecule has 0 radical (unpaired) electrons. The Morgan fingerprint density at radius 3 is 2.61 bits per heavy atom. The minimum atomic E-state index is 0. The topological polar surface area (TPSA) is 45.7 Å². The van der Waals surface area contributed by atoms with Crippen LogP contribution in [-0.2, 0) is 11.2 Å². The summed E-state index contributed by atoms with van der Waals surface area (Å²) >= 11 is 8.97. The molecule has 1 aromatic carbocycles. The first-order valence-electron chi connectivity index (χ1n) is 8.60. The Hall–Kier alpha value is -1.38. The van der Waals surface area contributed by atoms with Gasteiger partial charge in [-0.15, -0.1) is 23.7 Å². The van der Waals surface area contributed by atoms with E-state index in [1.54, 1.807) is 12.0 Å². The van der Waals surface area contributed by atoms with E-state index in [4.69, 9.17) is 16.3 Å². The zero-order chi connectivity index (χ0) is 19.4. The van der Waals surface area contributed by atoms with Crippen molar-refractivity contribution in [2.75, 3.05) is 39.2 Å². The second kappa shape index (κ2) is 10.4.